The van der Waals surface area contributed by atoms with Crippen molar-refractivity contribution in [2.75, 3.05) is 13.1 Å². The molecule has 2 fully saturated rings. The van der Waals surface area contributed by atoms with Crippen LogP contribution in [0.4, 0.5) is 0 Å². The second-order valence-electron chi connectivity index (χ2n) is 7.20. The molecule has 3 rings (SSSR count). The normalized spacial score (nSPS) is 22.0. The molecule has 0 spiro atoms. The highest BCUT2D eigenvalue weighted by molar-refractivity contribution is 5.83. The number of hydrogen-bond acceptors (Lipinski definition) is 2. The highest BCUT2D eigenvalue weighted by Gasteiger charge is 2.39. The van der Waals surface area contributed by atoms with Gasteiger partial charge < -0.3 is 10.6 Å². The van der Waals surface area contributed by atoms with E-state index in [4.69, 9.17) is 5.73 Å². The molecule has 22 heavy (non-hydrogen) atoms. The molecule has 1 saturated heterocycles. The third-order valence-electron chi connectivity index (χ3n) is 5.24. The predicted molar refractivity (Wildman–Crippen MR) is 89.8 cm³/mol. The summed E-state index contributed by atoms with van der Waals surface area (Å²) < 4.78 is 0. The van der Waals surface area contributed by atoms with Crippen molar-refractivity contribution in [1.82, 2.24) is 4.90 Å². The summed E-state index contributed by atoms with van der Waals surface area (Å²) in [7, 11) is 0. The number of hydrogen-bond donors (Lipinski definition) is 1. The Morgan fingerprint density at radius 1 is 1.18 bits per heavy atom. The fourth-order valence-corrected chi connectivity index (χ4v) is 3.53. The summed E-state index contributed by atoms with van der Waals surface area (Å²) in [5, 5.41) is 0. The number of rotatable bonds is 4. The van der Waals surface area contributed by atoms with Crippen LogP contribution in [0.2, 0.25) is 0 Å². The van der Waals surface area contributed by atoms with E-state index in [0.29, 0.717) is 0 Å². The minimum atomic E-state index is -0.0587. The molecule has 3 nitrogen and oxygen atoms in total. The molecular formula is C19H28N2O. The van der Waals surface area contributed by atoms with Gasteiger partial charge in [0.05, 0.1) is 5.92 Å². The lowest BCUT2D eigenvalue weighted by Gasteiger charge is -2.26. The Bertz CT molecular complexity index is 528. The van der Waals surface area contributed by atoms with E-state index in [9.17, 15) is 4.79 Å². The fourth-order valence-electron chi connectivity index (χ4n) is 3.53. The van der Waals surface area contributed by atoms with Crippen LogP contribution in [-0.2, 0) is 11.2 Å². The van der Waals surface area contributed by atoms with E-state index in [2.05, 4.69) is 30.0 Å². The first-order valence-electron chi connectivity index (χ1n) is 8.75. The molecule has 1 aliphatic carbocycles. The Balaban J connectivity index is 1.75. The van der Waals surface area contributed by atoms with Crippen LogP contribution >= 0.6 is 0 Å². The van der Waals surface area contributed by atoms with Crippen molar-refractivity contribution in [3.63, 3.8) is 0 Å². The number of nitrogens with two attached hydrogens (primary N) is 1. The van der Waals surface area contributed by atoms with Gasteiger partial charge in [-0.05, 0) is 50.2 Å². The molecule has 1 saturated carbocycles. The maximum absolute atomic E-state index is 12.9. The van der Waals surface area contributed by atoms with E-state index < -0.39 is 0 Å². The summed E-state index contributed by atoms with van der Waals surface area (Å²) in [5.74, 6) is 0.230. The maximum Gasteiger partial charge on any atom is 0.229 e. The van der Waals surface area contributed by atoms with Crippen molar-refractivity contribution < 1.29 is 4.79 Å². The number of amides is 1. The van der Waals surface area contributed by atoms with Crippen LogP contribution in [0, 0.1) is 0 Å². The molecule has 120 valence electrons. The van der Waals surface area contributed by atoms with Crippen LogP contribution in [0.15, 0.2) is 24.3 Å². The van der Waals surface area contributed by atoms with E-state index in [0.717, 1.165) is 45.2 Å². The van der Waals surface area contributed by atoms with Crippen LogP contribution in [0.1, 0.15) is 62.5 Å². The molecule has 0 aromatic heterocycles. The molecule has 0 bridgehead atoms. The van der Waals surface area contributed by atoms with Crippen molar-refractivity contribution in [1.29, 1.82) is 0 Å². The molecular weight excluding hydrogens is 272 g/mol. The smallest absolute Gasteiger partial charge is 0.229 e. The third-order valence-corrected chi connectivity index (χ3v) is 5.24. The average molecular weight is 300 g/mol. The lowest BCUT2D eigenvalue weighted by atomic mass is 9.90. The quantitative estimate of drug-likeness (QED) is 0.928. The van der Waals surface area contributed by atoms with Crippen LogP contribution in [0.3, 0.4) is 0 Å². The zero-order valence-electron chi connectivity index (χ0n) is 13.7. The van der Waals surface area contributed by atoms with Crippen molar-refractivity contribution in [3.05, 3.63) is 35.4 Å². The lowest BCUT2D eigenvalue weighted by molar-refractivity contribution is -0.132. The van der Waals surface area contributed by atoms with Gasteiger partial charge in [-0.3, -0.25) is 4.79 Å². The van der Waals surface area contributed by atoms with Crippen LogP contribution < -0.4 is 5.73 Å². The Hall–Kier alpha value is -1.35. The molecule has 2 N–H and O–H groups in total. The Kier molecular flexibility index (Phi) is 4.53. The van der Waals surface area contributed by atoms with Gasteiger partial charge in [0.2, 0.25) is 5.91 Å². The lowest BCUT2D eigenvalue weighted by Crippen LogP contribution is -2.35. The molecule has 1 aliphatic heterocycles. The van der Waals surface area contributed by atoms with E-state index in [1.807, 2.05) is 6.07 Å². The predicted octanol–water partition coefficient (Wildman–Crippen LogP) is 3.23. The first kappa shape index (κ1) is 15.5. The first-order chi connectivity index (χ1) is 10.6. The van der Waals surface area contributed by atoms with Gasteiger partial charge in [0.15, 0.2) is 0 Å². The summed E-state index contributed by atoms with van der Waals surface area (Å²) in [6.45, 7) is 3.90. The van der Waals surface area contributed by atoms with E-state index in [1.54, 1.807) is 0 Å². The highest BCUT2D eigenvalue weighted by Crippen LogP contribution is 2.37. The molecule has 1 heterocycles. The molecule has 2 aliphatic rings. The van der Waals surface area contributed by atoms with Gasteiger partial charge in [-0.1, -0.05) is 37.1 Å². The highest BCUT2D eigenvalue weighted by atomic mass is 16.2. The number of benzene rings is 1. The number of nitrogens with zero attached hydrogens (tertiary/aromatic N) is 1. The number of carbonyl (C=O) groups is 1. The topological polar surface area (TPSA) is 46.3 Å². The Labute approximate surface area is 133 Å². The fraction of sp³-hybridized carbons (Fsp3) is 0.632. The van der Waals surface area contributed by atoms with E-state index in [-0.39, 0.29) is 17.4 Å². The molecule has 1 atom stereocenters. The van der Waals surface area contributed by atoms with Gasteiger partial charge in [-0.25, -0.2) is 0 Å². The van der Waals surface area contributed by atoms with E-state index >= 15 is 0 Å². The average Bonchev–Trinajstić information content (AvgIpc) is 3.29. The molecule has 1 aromatic carbocycles. The molecule has 1 amide bonds. The van der Waals surface area contributed by atoms with Crippen molar-refractivity contribution in [2.24, 2.45) is 5.73 Å². The van der Waals surface area contributed by atoms with Gasteiger partial charge in [-0.2, -0.15) is 0 Å². The summed E-state index contributed by atoms with van der Waals surface area (Å²) in [6.07, 6.45) is 7.92. The summed E-state index contributed by atoms with van der Waals surface area (Å²) >= 11 is 0. The molecule has 3 heteroatoms. The molecule has 0 radical (unpaired) electrons. The SMILES string of the molecule is CC(C(=O)N1CCCCCC1)c1ccccc1CC1(N)CC1. The van der Waals surface area contributed by atoms with Crippen LogP contribution in [-0.4, -0.2) is 29.4 Å². The van der Waals surface area contributed by atoms with Crippen molar-refractivity contribution in [2.45, 2.75) is 63.3 Å². The molecule has 1 aromatic rings. The van der Waals surface area contributed by atoms with Gasteiger partial charge in [0.1, 0.15) is 0 Å². The number of likely N-dealkylation sites (tertiary alicyclic amines) is 1. The van der Waals surface area contributed by atoms with Crippen molar-refractivity contribution >= 4 is 5.91 Å². The van der Waals surface area contributed by atoms with Gasteiger partial charge in [0, 0.05) is 18.6 Å². The standard InChI is InChI=1S/C19H28N2O/c1-15(18(22)21-12-6-2-3-7-13-21)17-9-5-4-8-16(17)14-19(20)10-11-19/h4-5,8-9,15H,2-3,6-7,10-14,20H2,1H3. The second-order valence-corrected chi connectivity index (χ2v) is 7.20. The maximum atomic E-state index is 12.9. The van der Waals surface area contributed by atoms with E-state index in [1.165, 1.54) is 24.0 Å². The third kappa shape index (κ3) is 3.52. The minimum absolute atomic E-state index is 0.0124. The van der Waals surface area contributed by atoms with Gasteiger partial charge >= 0.3 is 0 Å². The first-order valence-corrected chi connectivity index (χ1v) is 8.75. The largest absolute Gasteiger partial charge is 0.342 e. The Morgan fingerprint density at radius 3 is 2.45 bits per heavy atom. The number of carbonyl (C=O) groups excluding carboxylic acids is 1. The summed E-state index contributed by atoms with van der Waals surface area (Å²) in [4.78, 5) is 15.0. The zero-order chi connectivity index (χ0) is 15.6. The monoisotopic (exact) mass is 300 g/mol. The van der Waals surface area contributed by atoms with Gasteiger partial charge in [0.25, 0.3) is 0 Å². The minimum Gasteiger partial charge on any atom is -0.342 e. The zero-order valence-corrected chi connectivity index (χ0v) is 13.7. The summed E-state index contributed by atoms with van der Waals surface area (Å²) in [6, 6.07) is 8.37. The van der Waals surface area contributed by atoms with Crippen LogP contribution in [0.5, 0.6) is 0 Å². The van der Waals surface area contributed by atoms with Gasteiger partial charge in [-0.15, -0.1) is 0 Å². The summed E-state index contributed by atoms with van der Waals surface area (Å²) in [5.41, 5.74) is 8.72. The second kappa shape index (κ2) is 6.41. The molecule has 1 unspecified atom stereocenters. The van der Waals surface area contributed by atoms with Crippen molar-refractivity contribution in [3.8, 4) is 0 Å². The Morgan fingerprint density at radius 2 is 1.82 bits per heavy atom. The van der Waals surface area contributed by atoms with Crippen LogP contribution in [0.25, 0.3) is 0 Å².